The molecule has 0 aliphatic rings. The van der Waals surface area contributed by atoms with Gasteiger partial charge in [0.05, 0.1) is 0 Å². The van der Waals surface area contributed by atoms with Gasteiger partial charge in [-0.2, -0.15) is 0 Å². The number of sulfonamides is 1. The van der Waals surface area contributed by atoms with Crippen molar-refractivity contribution >= 4 is 27.4 Å². The Bertz CT molecular complexity index is 666. The van der Waals surface area contributed by atoms with Crippen molar-refractivity contribution in [2.75, 3.05) is 4.72 Å². The third kappa shape index (κ3) is 2.95. The molecule has 0 aliphatic heterocycles. The normalized spacial score (nSPS) is 12.1. The highest BCUT2D eigenvalue weighted by Gasteiger charge is 2.21. The minimum absolute atomic E-state index is 0.0528. The summed E-state index contributed by atoms with van der Waals surface area (Å²) in [5, 5.41) is 7.45. The Balaban J connectivity index is 2.25. The third-order valence-corrected chi connectivity index (χ3v) is 5.51. The molecule has 1 N–H and O–H groups in total. The first kappa shape index (κ1) is 14.0. The van der Waals surface area contributed by atoms with Gasteiger partial charge in [-0.15, -0.1) is 16.4 Å². The van der Waals surface area contributed by atoms with E-state index in [2.05, 4.69) is 14.9 Å². The Morgan fingerprint density at radius 2 is 2.00 bits per heavy atom. The molecule has 2 aromatic rings. The Morgan fingerprint density at radius 3 is 2.47 bits per heavy atom. The van der Waals surface area contributed by atoms with E-state index in [1.54, 1.807) is 6.07 Å². The van der Waals surface area contributed by atoms with Crippen molar-refractivity contribution in [3.8, 4) is 0 Å². The second kappa shape index (κ2) is 4.93. The smallest absolute Gasteiger partial charge is 0.329 e. The van der Waals surface area contributed by atoms with Gasteiger partial charge in [0.1, 0.15) is 4.21 Å². The van der Waals surface area contributed by atoms with Crippen LogP contribution >= 0.6 is 11.3 Å². The molecule has 19 heavy (non-hydrogen) atoms. The molecule has 0 saturated heterocycles. The molecule has 2 rings (SSSR count). The van der Waals surface area contributed by atoms with E-state index in [0.717, 1.165) is 10.4 Å². The van der Waals surface area contributed by atoms with Crippen LogP contribution in [0.4, 0.5) is 6.01 Å². The zero-order chi connectivity index (χ0) is 14.2. The fraction of sp³-hybridized carbons (Fsp3) is 0.455. The number of anilines is 1. The molecule has 0 amide bonds. The molecule has 104 valence electrons. The summed E-state index contributed by atoms with van der Waals surface area (Å²) in [5.41, 5.74) is 0.943. The van der Waals surface area contributed by atoms with Crippen LogP contribution in [-0.4, -0.2) is 18.6 Å². The second-order valence-electron chi connectivity index (χ2n) is 4.51. The van der Waals surface area contributed by atoms with E-state index in [0.29, 0.717) is 5.89 Å². The predicted octanol–water partition coefficient (Wildman–Crippen LogP) is 2.67. The first-order valence-electron chi connectivity index (χ1n) is 5.73. The molecular formula is C11H15N3O3S2. The number of hydrogen-bond acceptors (Lipinski definition) is 6. The molecule has 0 aliphatic carbocycles. The standard InChI is InChI=1S/C11H15N3O3S2/c1-6(2)10-12-13-11(17-10)14-19(15,16)9-5-7(3)8(4)18-9/h5-6H,1-4H3,(H,13,14). The summed E-state index contributed by atoms with van der Waals surface area (Å²) in [5.74, 6) is 0.452. The number of hydrogen-bond donors (Lipinski definition) is 1. The molecule has 0 radical (unpaired) electrons. The summed E-state index contributed by atoms with van der Waals surface area (Å²) < 4.78 is 32.0. The molecule has 0 saturated carbocycles. The monoisotopic (exact) mass is 301 g/mol. The SMILES string of the molecule is Cc1cc(S(=O)(=O)Nc2nnc(C(C)C)o2)sc1C. The van der Waals surface area contributed by atoms with Gasteiger partial charge in [-0.25, -0.2) is 13.1 Å². The Labute approximate surface area is 115 Å². The highest BCUT2D eigenvalue weighted by atomic mass is 32.2. The van der Waals surface area contributed by atoms with Crippen molar-refractivity contribution in [1.29, 1.82) is 0 Å². The van der Waals surface area contributed by atoms with Gasteiger partial charge in [0.15, 0.2) is 0 Å². The van der Waals surface area contributed by atoms with Gasteiger partial charge in [-0.05, 0) is 25.5 Å². The molecular weight excluding hydrogens is 286 g/mol. The maximum absolute atomic E-state index is 12.1. The van der Waals surface area contributed by atoms with E-state index in [1.165, 1.54) is 11.3 Å². The van der Waals surface area contributed by atoms with Crippen LogP contribution in [0.15, 0.2) is 14.7 Å². The Kier molecular flexibility index (Phi) is 3.64. The van der Waals surface area contributed by atoms with E-state index in [9.17, 15) is 8.42 Å². The van der Waals surface area contributed by atoms with Crippen LogP contribution in [0.1, 0.15) is 36.1 Å². The van der Waals surface area contributed by atoms with E-state index in [4.69, 9.17) is 4.42 Å². The summed E-state index contributed by atoms with van der Waals surface area (Å²) in [4.78, 5) is 0.966. The zero-order valence-corrected chi connectivity index (χ0v) is 12.7. The number of rotatable bonds is 4. The Morgan fingerprint density at radius 1 is 1.32 bits per heavy atom. The van der Waals surface area contributed by atoms with E-state index in [1.807, 2.05) is 27.7 Å². The van der Waals surface area contributed by atoms with Crippen LogP contribution in [-0.2, 0) is 10.0 Å². The minimum atomic E-state index is -3.66. The van der Waals surface area contributed by atoms with Crippen LogP contribution in [0.5, 0.6) is 0 Å². The van der Waals surface area contributed by atoms with Crippen molar-refractivity contribution in [2.45, 2.75) is 37.8 Å². The number of thiophene rings is 1. The maximum Gasteiger partial charge on any atom is 0.329 e. The minimum Gasteiger partial charge on any atom is -0.407 e. The molecule has 2 aromatic heterocycles. The van der Waals surface area contributed by atoms with Gasteiger partial charge in [0.25, 0.3) is 10.0 Å². The molecule has 0 atom stereocenters. The van der Waals surface area contributed by atoms with Crippen LogP contribution in [0.25, 0.3) is 0 Å². The van der Waals surface area contributed by atoms with Crippen LogP contribution < -0.4 is 4.72 Å². The zero-order valence-electron chi connectivity index (χ0n) is 11.1. The van der Waals surface area contributed by atoms with Crippen molar-refractivity contribution < 1.29 is 12.8 Å². The molecule has 0 bridgehead atoms. The molecule has 8 heteroatoms. The quantitative estimate of drug-likeness (QED) is 0.938. The van der Waals surface area contributed by atoms with Gasteiger partial charge >= 0.3 is 6.01 Å². The van der Waals surface area contributed by atoms with Crippen LogP contribution in [0, 0.1) is 13.8 Å². The largest absolute Gasteiger partial charge is 0.407 e. The molecule has 0 spiro atoms. The topological polar surface area (TPSA) is 85.1 Å². The van der Waals surface area contributed by atoms with Crippen LogP contribution in [0.2, 0.25) is 0 Å². The summed E-state index contributed by atoms with van der Waals surface area (Å²) in [6.07, 6.45) is 0. The van der Waals surface area contributed by atoms with Crippen molar-refractivity contribution in [2.24, 2.45) is 0 Å². The molecule has 0 aromatic carbocycles. The van der Waals surface area contributed by atoms with Crippen molar-refractivity contribution in [1.82, 2.24) is 10.2 Å². The van der Waals surface area contributed by atoms with E-state index < -0.39 is 10.0 Å². The fourth-order valence-electron chi connectivity index (χ4n) is 1.35. The number of aromatic nitrogens is 2. The average molecular weight is 301 g/mol. The first-order valence-corrected chi connectivity index (χ1v) is 8.03. The summed E-state index contributed by atoms with van der Waals surface area (Å²) in [7, 11) is -3.66. The number of nitrogens with one attached hydrogen (secondary N) is 1. The molecule has 2 heterocycles. The average Bonchev–Trinajstić information content (AvgIpc) is 2.87. The first-order chi connectivity index (χ1) is 8.79. The second-order valence-corrected chi connectivity index (χ2v) is 7.68. The fourth-order valence-corrected chi connectivity index (χ4v) is 3.79. The van der Waals surface area contributed by atoms with Gasteiger partial charge in [-0.1, -0.05) is 18.9 Å². The highest BCUT2D eigenvalue weighted by molar-refractivity contribution is 7.94. The molecule has 0 unspecified atom stereocenters. The van der Waals surface area contributed by atoms with E-state index in [-0.39, 0.29) is 16.1 Å². The lowest BCUT2D eigenvalue weighted by atomic mass is 10.2. The predicted molar refractivity (Wildman–Crippen MR) is 73.0 cm³/mol. The van der Waals surface area contributed by atoms with Crippen molar-refractivity contribution in [3.63, 3.8) is 0 Å². The molecule has 6 nitrogen and oxygen atoms in total. The van der Waals surface area contributed by atoms with E-state index >= 15 is 0 Å². The van der Waals surface area contributed by atoms with Gasteiger partial charge in [0, 0.05) is 10.8 Å². The lowest BCUT2D eigenvalue weighted by Crippen LogP contribution is -2.11. The third-order valence-electron chi connectivity index (χ3n) is 2.56. The number of aryl methyl sites for hydroxylation is 2. The summed E-state index contributed by atoms with van der Waals surface area (Å²) in [6.45, 7) is 7.52. The summed E-state index contributed by atoms with van der Waals surface area (Å²) >= 11 is 1.21. The van der Waals surface area contributed by atoms with Crippen molar-refractivity contribution in [3.05, 3.63) is 22.4 Å². The Hall–Kier alpha value is -1.41. The lowest BCUT2D eigenvalue weighted by Gasteiger charge is -2.00. The van der Waals surface area contributed by atoms with Gasteiger partial charge in [-0.3, -0.25) is 0 Å². The number of nitrogens with zero attached hydrogens (tertiary/aromatic N) is 2. The highest BCUT2D eigenvalue weighted by Crippen LogP contribution is 2.26. The van der Waals surface area contributed by atoms with Gasteiger partial charge < -0.3 is 4.42 Å². The maximum atomic E-state index is 12.1. The van der Waals surface area contributed by atoms with Gasteiger partial charge in [0.2, 0.25) is 5.89 Å². The summed E-state index contributed by atoms with van der Waals surface area (Å²) in [6, 6.07) is 1.52. The molecule has 0 fully saturated rings. The van der Waals surface area contributed by atoms with Crippen LogP contribution in [0.3, 0.4) is 0 Å². The lowest BCUT2D eigenvalue weighted by molar-refractivity contribution is 0.483.